The highest BCUT2D eigenvalue weighted by Crippen LogP contribution is 2.20. The maximum Gasteiger partial charge on any atom is 0.290 e. The molecule has 0 aliphatic carbocycles. The lowest BCUT2D eigenvalue weighted by atomic mass is 10.1. The van der Waals surface area contributed by atoms with Gasteiger partial charge in [-0.25, -0.2) is 12.8 Å². The van der Waals surface area contributed by atoms with Crippen LogP contribution >= 0.6 is 0 Å². The van der Waals surface area contributed by atoms with Gasteiger partial charge in [0.25, 0.3) is 5.91 Å². The first-order chi connectivity index (χ1) is 10.2. The minimum absolute atomic E-state index is 0.0533. The maximum absolute atomic E-state index is 13.8. The van der Waals surface area contributed by atoms with Crippen LogP contribution in [0.25, 0.3) is 0 Å². The van der Waals surface area contributed by atoms with Gasteiger partial charge in [-0.15, -0.1) is 0 Å². The van der Waals surface area contributed by atoms with E-state index in [2.05, 4.69) is 10.5 Å². The molecule has 0 fully saturated rings. The third-order valence-corrected chi connectivity index (χ3v) is 4.18. The summed E-state index contributed by atoms with van der Waals surface area (Å²) in [4.78, 5) is 11.5. The number of aryl methyl sites for hydroxylation is 1. The monoisotopic (exact) mass is 326 g/mol. The number of carbonyl (C=O) groups is 1. The topological polar surface area (TPSA) is 89.3 Å². The lowest BCUT2D eigenvalue weighted by molar-refractivity contribution is 0.0902. The molecule has 118 valence electrons. The number of hydrogen-bond donors (Lipinski definition) is 1. The number of amides is 1. The van der Waals surface area contributed by atoms with Crippen LogP contribution < -0.4 is 5.32 Å². The Labute approximate surface area is 127 Å². The molecule has 6 nitrogen and oxygen atoms in total. The Hall–Kier alpha value is -2.22. The van der Waals surface area contributed by atoms with E-state index < -0.39 is 27.6 Å². The van der Waals surface area contributed by atoms with Crippen LogP contribution in [0.3, 0.4) is 0 Å². The van der Waals surface area contributed by atoms with Crippen molar-refractivity contribution in [3.63, 3.8) is 0 Å². The summed E-state index contributed by atoms with van der Waals surface area (Å²) in [6.45, 7) is 3.33. The van der Waals surface area contributed by atoms with E-state index in [0.29, 0.717) is 11.3 Å². The Kier molecular flexibility index (Phi) is 4.32. The molecule has 0 radical (unpaired) electrons. The van der Waals surface area contributed by atoms with Crippen molar-refractivity contribution < 1.29 is 22.1 Å². The van der Waals surface area contributed by atoms with E-state index in [1.54, 1.807) is 13.8 Å². The number of rotatable bonds is 4. The van der Waals surface area contributed by atoms with Crippen molar-refractivity contribution in [1.82, 2.24) is 10.5 Å². The van der Waals surface area contributed by atoms with Gasteiger partial charge in [0.2, 0.25) is 5.76 Å². The van der Waals surface area contributed by atoms with E-state index in [-0.39, 0.29) is 10.7 Å². The van der Waals surface area contributed by atoms with Crippen molar-refractivity contribution in [2.24, 2.45) is 0 Å². The average Bonchev–Trinajstić information content (AvgIpc) is 2.83. The van der Waals surface area contributed by atoms with Crippen LogP contribution in [0.2, 0.25) is 0 Å². The average molecular weight is 326 g/mol. The van der Waals surface area contributed by atoms with Crippen molar-refractivity contribution in [3.05, 3.63) is 47.1 Å². The molecule has 2 rings (SSSR count). The normalized spacial score (nSPS) is 12.9. The molecule has 1 heterocycles. The van der Waals surface area contributed by atoms with Crippen molar-refractivity contribution >= 4 is 15.7 Å². The first kappa shape index (κ1) is 16.2. The van der Waals surface area contributed by atoms with Gasteiger partial charge in [-0.05, 0) is 31.5 Å². The van der Waals surface area contributed by atoms with Gasteiger partial charge in [-0.1, -0.05) is 11.2 Å². The van der Waals surface area contributed by atoms with E-state index in [0.717, 1.165) is 12.3 Å². The summed E-state index contributed by atoms with van der Waals surface area (Å²) >= 11 is 0. The Morgan fingerprint density at radius 3 is 2.55 bits per heavy atom. The first-order valence-corrected chi connectivity index (χ1v) is 8.31. The Morgan fingerprint density at radius 2 is 2.05 bits per heavy atom. The minimum atomic E-state index is -3.62. The number of halogens is 1. The maximum atomic E-state index is 13.8. The molecule has 22 heavy (non-hydrogen) atoms. The number of sulfone groups is 1. The second-order valence-electron chi connectivity index (χ2n) is 4.99. The van der Waals surface area contributed by atoms with Crippen LogP contribution in [-0.2, 0) is 9.84 Å². The first-order valence-electron chi connectivity index (χ1n) is 6.42. The number of benzene rings is 1. The molecule has 8 heteroatoms. The summed E-state index contributed by atoms with van der Waals surface area (Å²) in [5.41, 5.74) is 1.01. The highest BCUT2D eigenvalue weighted by atomic mass is 32.2. The van der Waals surface area contributed by atoms with Crippen LogP contribution in [0, 0.1) is 12.7 Å². The van der Waals surface area contributed by atoms with Gasteiger partial charge < -0.3 is 9.84 Å². The molecule has 0 saturated heterocycles. The Bertz CT molecular complexity index is 814. The SMILES string of the molecule is Cc1cc(C(=O)NC(C)c2ccc(S(C)(=O)=O)c(F)c2)on1. The van der Waals surface area contributed by atoms with Crippen LogP contribution in [0.4, 0.5) is 4.39 Å². The molecule has 1 unspecified atom stereocenters. The predicted molar refractivity (Wildman–Crippen MR) is 76.6 cm³/mol. The molecule has 1 aromatic carbocycles. The van der Waals surface area contributed by atoms with Gasteiger partial charge >= 0.3 is 0 Å². The van der Waals surface area contributed by atoms with Gasteiger partial charge in [0.1, 0.15) is 10.7 Å². The molecule has 0 saturated carbocycles. The van der Waals surface area contributed by atoms with E-state index in [1.165, 1.54) is 18.2 Å². The second kappa shape index (κ2) is 5.88. The van der Waals surface area contributed by atoms with Crippen LogP contribution in [0.15, 0.2) is 33.7 Å². The molecular weight excluding hydrogens is 311 g/mol. The standard InChI is InChI=1S/C14H15FN2O4S/c1-8-6-12(21-17-8)14(18)16-9(2)10-4-5-13(11(15)7-10)22(3,19)20/h4-7,9H,1-3H3,(H,16,18). The molecule has 1 atom stereocenters. The van der Waals surface area contributed by atoms with Crippen molar-refractivity contribution in [3.8, 4) is 0 Å². The highest BCUT2D eigenvalue weighted by molar-refractivity contribution is 7.90. The lowest BCUT2D eigenvalue weighted by Crippen LogP contribution is -2.26. The van der Waals surface area contributed by atoms with Gasteiger partial charge in [-0.3, -0.25) is 4.79 Å². The molecule has 1 N–H and O–H groups in total. The fourth-order valence-electron chi connectivity index (χ4n) is 1.91. The fourth-order valence-corrected chi connectivity index (χ4v) is 2.64. The van der Waals surface area contributed by atoms with E-state index in [4.69, 9.17) is 4.52 Å². The molecule has 0 bridgehead atoms. The smallest absolute Gasteiger partial charge is 0.290 e. The van der Waals surface area contributed by atoms with E-state index >= 15 is 0 Å². The van der Waals surface area contributed by atoms with E-state index in [1.807, 2.05) is 0 Å². The second-order valence-corrected chi connectivity index (χ2v) is 6.97. The summed E-state index contributed by atoms with van der Waals surface area (Å²) < 4.78 is 41.4. The Morgan fingerprint density at radius 1 is 1.36 bits per heavy atom. The van der Waals surface area contributed by atoms with Crippen molar-refractivity contribution in [2.45, 2.75) is 24.8 Å². The van der Waals surface area contributed by atoms with Crippen molar-refractivity contribution in [1.29, 1.82) is 0 Å². The zero-order chi connectivity index (χ0) is 16.5. The number of hydrogen-bond acceptors (Lipinski definition) is 5. The van der Waals surface area contributed by atoms with Gasteiger partial charge in [0, 0.05) is 12.3 Å². The zero-order valence-corrected chi connectivity index (χ0v) is 13.1. The van der Waals surface area contributed by atoms with Crippen LogP contribution in [-0.4, -0.2) is 25.7 Å². The number of aromatic nitrogens is 1. The van der Waals surface area contributed by atoms with E-state index in [9.17, 15) is 17.6 Å². The third kappa shape index (κ3) is 3.51. The summed E-state index contributed by atoms with van der Waals surface area (Å²) in [6, 6.07) is 4.68. The molecule has 2 aromatic rings. The molecule has 0 aliphatic heterocycles. The van der Waals surface area contributed by atoms with Gasteiger partial charge in [-0.2, -0.15) is 0 Å². The lowest BCUT2D eigenvalue weighted by Gasteiger charge is -2.14. The largest absolute Gasteiger partial charge is 0.351 e. The highest BCUT2D eigenvalue weighted by Gasteiger charge is 2.18. The predicted octanol–water partition coefficient (Wildman–Crippen LogP) is 2.02. The van der Waals surface area contributed by atoms with Gasteiger partial charge in [0.15, 0.2) is 9.84 Å². The Balaban J connectivity index is 2.18. The third-order valence-electron chi connectivity index (χ3n) is 3.05. The summed E-state index contributed by atoms with van der Waals surface area (Å²) in [5, 5.41) is 6.23. The van der Waals surface area contributed by atoms with Crippen LogP contribution in [0.5, 0.6) is 0 Å². The molecule has 0 aliphatic rings. The summed E-state index contributed by atoms with van der Waals surface area (Å²) in [6.07, 6.45) is 0.933. The van der Waals surface area contributed by atoms with Gasteiger partial charge in [0.05, 0.1) is 11.7 Å². The molecule has 0 spiro atoms. The number of nitrogens with zero attached hydrogens (tertiary/aromatic N) is 1. The minimum Gasteiger partial charge on any atom is -0.351 e. The van der Waals surface area contributed by atoms with Crippen molar-refractivity contribution in [2.75, 3.05) is 6.26 Å². The zero-order valence-electron chi connectivity index (χ0n) is 12.3. The quantitative estimate of drug-likeness (QED) is 0.928. The molecular formula is C14H15FN2O4S. The molecule has 1 aromatic heterocycles. The fraction of sp³-hybridized carbons (Fsp3) is 0.286. The number of carbonyl (C=O) groups excluding carboxylic acids is 1. The van der Waals surface area contributed by atoms with Crippen LogP contribution in [0.1, 0.15) is 34.8 Å². The summed E-state index contributed by atoms with van der Waals surface area (Å²) in [7, 11) is -3.62. The summed E-state index contributed by atoms with van der Waals surface area (Å²) in [5.74, 6) is -1.28. The number of nitrogens with one attached hydrogen (secondary N) is 1. The molecule has 1 amide bonds.